The number of likely N-dealkylation sites (N-methyl/N-ethyl adjacent to an activating group) is 1. The molecule has 4 rings (SSSR count). The summed E-state index contributed by atoms with van der Waals surface area (Å²) in [6.45, 7) is 0.710. The molecule has 25 heavy (non-hydrogen) atoms. The van der Waals surface area contributed by atoms with E-state index in [9.17, 15) is 4.79 Å². The van der Waals surface area contributed by atoms with Gasteiger partial charge in [0.1, 0.15) is 0 Å². The molecule has 2 unspecified atom stereocenters. The summed E-state index contributed by atoms with van der Waals surface area (Å²) in [5.74, 6) is 1.15. The lowest BCUT2D eigenvalue weighted by Crippen LogP contribution is -2.47. The third kappa shape index (κ3) is 3.56. The Morgan fingerprint density at radius 1 is 1.24 bits per heavy atom. The van der Waals surface area contributed by atoms with Crippen LogP contribution in [-0.2, 0) is 19.3 Å². The summed E-state index contributed by atoms with van der Waals surface area (Å²) < 4.78 is 0. The molecule has 2 aromatic rings. The van der Waals surface area contributed by atoms with Gasteiger partial charge in [0.25, 0.3) is 0 Å². The zero-order chi connectivity index (χ0) is 17.2. The Bertz CT molecular complexity index is 697. The lowest BCUT2D eigenvalue weighted by molar-refractivity contribution is 0.197. The first-order valence-electron chi connectivity index (χ1n) is 9.17. The van der Waals surface area contributed by atoms with Crippen LogP contribution in [0.25, 0.3) is 0 Å². The number of hydrogen-bond donors (Lipinski definition) is 1. The van der Waals surface area contributed by atoms with E-state index in [4.69, 9.17) is 0 Å². The second kappa shape index (κ2) is 7.16. The van der Waals surface area contributed by atoms with Crippen LogP contribution < -0.4 is 5.32 Å². The average Bonchev–Trinajstić information content (AvgIpc) is 3.21. The third-order valence-electron chi connectivity index (χ3n) is 5.79. The maximum atomic E-state index is 12.7. The second-order valence-electron chi connectivity index (χ2n) is 7.35. The zero-order valence-corrected chi connectivity index (χ0v) is 15.5. The molecule has 0 saturated heterocycles. The molecule has 1 fully saturated rings. The number of rotatable bonds is 4. The molecule has 4 nitrogen and oxygen atoms in total. The first-order valence-corrected chi connectivity index (χ1v) is 10.1. The molecule has 2 aliphatic rings. The molecule has 2 amide bonds. The van der Waals surface area contributed by atoms with Crippen molar-refractivity contribution < 1.29 is 4.79 Å². The number of benzene rings is 1. The molecule has 0 spiro atoms. The Kier molecular flexibility index (Phi) is 4.75. The predicted octanol–water partition coefficient (Wildman–Crippen LogP) is 3.52. The van der Waals surface area contributed by atoms with E-state index in [1.165, 1.54) is 24.0 Å². The van der Waals surface area contributed by atoms with Crippen molar-refractivity contribution >= 4 is 17.4 Å². The number of urea groups is 1. The summed E-state index contributed by atoms with van der Waals surface area (Å²) in [6.07, 6.45) is 7.30. The van der Waals surface area contributed by atoms with E-state index in [2.05, 4.69) is 34.6 Å². The van der Waals surface area contributed by atoms with Crippen molar-refractivity contribution in [3.05, 3.63) is 52.0 Å². The van der Waals surface area contributed by atoms with Gasteiger partial charge in [-0.1, -0.05) is 24.3 Å². The van der Waals surface area contributed by atoms with E-state index in [0.717, 1.165) is 24.3 Å². The average molecular weight is 356 g/mol. The molecule has 5 heteroatoms. The molecule has 2 aliphatic carbocycles. The summed E-state index contributed by atoms with van der Waals surface area (Å²) >= 11 is 1.65. The summed E-state index contributed by atoms with van der Waals surface area (Å²) in [7, 11) is 1.89. The number of thiazole rings is 1. The second-order valence-corrected chi connectivity index (χ2v) is 8.33. The predicted molar refractivity (Wildman–Crippen MR) is 101 cm³/mol. The van der Waals surface area contributed by atoms with Gasteiger partial charge in [0, 0.05) is 37.6 Å². The molecule has 1 saturated carbocycles. The van der Waals surface area contributed by atoms with Crippen molar-refractivity contribution in [2.24, 2.45) is 11.8 Å². The lowest BCUT2D eigenvalue weighted by atomic mass is 9.94. The summed E-state index contributed by atoms with van der Waals surface area (Å²) in [5.41, 5.74) is 2.96. The van der Waals surface area contributed by atoms with E-state index in [-0.39, 0.29) is 6.03 Å². The zero-order valence-electron chi connectivity index (χ0n) is 14.6. The van der Waals surface area contributed by atoms with Gasteiger partial charge < -0.3 is 10.2 Å². The minimum Gasteiger partial charge on any atom is -0.335 e. The van der Waals surface area contributed by atoms with Gasteiger partial charge in [-0.15, -0.1) is 11.3 Å². The van der Waals surface area contributed by atoms with Gasteiger partial charge in [0.15, 0.2) is 0 Å². The fourth-order valence-corrected chi connectivity index (χ4v) is 4.99. The maximum Gasteiger partial charge on any atom is 0.317 e. The van der Waals surface area contributed by atoms with Crippen molar-refractivity contribution in [3.63, 3.8) is 0 Å². The topological polar surface area (TPSA) is 45.2 Å². The van der Waals surface area contributed by atoms with Gasteiger partial charge >= 0.3 is 6.03 Å². The Labute approximate surface area is 153 Å². The van der Waals surface area contributed by atoms with Crippen LogP contribution >= 0.6 is 11.3 Å². The van der Waals surface area contributed by atoms with Gasteiger partial charge in [0.2, 0.25) is 0 Å². The summed E-state index contributed by atoms with van der Waals surface area (Å²) in [5, 5.41) is 6.43. The molecule has 0 aliphatic heterocycles. The highest BCUT2D eigenvalue weighted by Crippen LogP contribution is 2.40. The van der Waals surface area contributed by atoms with E-state index < -0.39 is 0 Å². The maximum absolute atomic E-state index is 12.7. The van der Waals surface area contributed by atoms with Crippen LogP contribution in [0.4, 0.5) is 4.79 Å². The van der Waals surface area contributed by atoms with Crippen molar-refractivity contribution in [1.29, 1.82) is 0 Å². The molecule has 2 atom stereocenters. The number of aromatic nitrogens is 1. The van der Waals surface area contributed by atoms with Crippen LogP contribution in [0.15, 0.2) is 35.8 Å². The van der Waals surface area contributed by atoms with Crippen LogP contribution in [0, 0.1) is 11.8 Å². The van der Waals surface area contributed by atoms with E-state index in [0.29, 0.717) is 24.4 Å². The highest BCUT2D eigenvalue weighted by molar-refractivity contribution is 7.09. The first kappa shape index (κ1) is 16.6. The number of carbonyl (C=O) groups is 1. The molecule has 1 aromatic carbocycles. The first-order chi connectivity index (χ1) is 12.2. The van der Waals surface area contributed by atoms with E-state index in [1.54, 1.807) is 16.2 Å². The highest BCUT2D eigenvalue weighted by atomic mass is 32.1. The SMILES string of the molecule is CN(CCc1nccs1)C(=O)NC1C2CCC1Cc1ccccc1C2. The van der Waals surface area contributed by atoms with Gasteiger partial charge in [0.05, 0.1) is 5.01 Å². The van der Waals surface area contributed by atoms with Crippen LogP contribution in [-0.4, -0.2) is 35.5 Å². The Hall–Kier alpha value is -1.88. The fourth-order valence-electron chi connectivity index (χ4n) is 4.38. The number of carbonyl (C=O) groups excluding carboxylic acids is 1. The van der Waals surface area contributed by atoms with E-state index >= 15 is 0 Å². The molecule has 1 heterocycles. The number of fused-ring (bicyclic) bond motifs is 3. The number of amides is 2. The standard InChI is InChI=1S/C20H25N3OS/c1-23(10-8-18-21-9-11-25-18)20(24)22-19-16-6-7-17(19)13-15-5-3-2-4-14(15)12-16/h2-5,9,11,16-17,19H,6-8,10,12-13H2,1H3,(H,22,24). The van der Waals surface area contributed by atoms with E-state index in [1.807, 2.05) is 18.6 Å². The van der Waals surface area contributed by atoms with Gasteiger partial charge in [-0.2, -0.15) is 0 Å². The minimum atomic E-state index is 0.0596. The van der Waals surface area contributed by atoms with Crippen LogP contribution in [0.2, 0.25) is 0 Å². The minimum absolute atomic E-state index is 0.0596. The van der Waals surface area contributed by atoms with Gasteiger partial charge in [-0.3, -0.25) is 0 Å². The Morgan fingerprint density at radius 2 is 1.92 bits per heavy atom. The molecule has 2 bridgehead atoms. The van der Waals surface area contributed by atoms with Crippen molar-refractivity contribution in [3.8, 4) is 0 Å². The number of hydrogen-bond acceptors (Lipinski definition) is 3. The van der Waals surface area contributed by atoms with Crippen molar-refractivity contribution in [2.45, 2.75) is 38.1 Å². The monoisotopic (exact) mass is 355 g/mol. The van der Waals surface area contributed by atoms with Crippen molar-refractivity contribution in [1.82, 2.24) is 15.2 Å². The highest BCUT2D eigenvalue weighted by Gasteiger charge is 2.40. The van der Waals surface area contributed by atoms with Crippen molar-refractivity contribution in [2.75, 3.05) is 13.6 Å². The smallest absolute Gasteiger partial charge is 0.317 e. The normalized spacial score (nSPS) is 24.4. The fraction of sp³-hybridized carbons (Fsp3) is 0.500. The molecular weight excluding hydrogens is 330 g/mol. The number of nitrogens with zero attached hydrogens (tertiary/aromatic N) is 2. The molecule has 1 aromatic heterocycles. The largest absolute Gasteiger partial charge is 0.335 e. The Morgan fingerprint density at radius 3 is 2.52 bits per heavy atom. The van der Waals surface area contributed by atoms with Crippen LogP contribution in [0.3, 0.4) is 0 Å². The molecular formula is C20H25N3OS. The van der Waals surface area contributed by atoms with Gasteiger partial charge in [-0.25, -0.2) is 9.78 Å². The Balaban J connectivity index is 1.38. The van der Waals surface area contributed by atoms with Gasteiger partial charge in [-0.05, 0) is 48.6 Å². The quantitative estimate of drug-likeness (QED) is 0.912. The number of nitrogens with one attached hydrogen (secondary N) is 1. The van der Waals surface area contributed by atoms with Crippen LogP contribution in [0.1, 0.15) is 29.0 Å². The van der Waals surface area contributed by atoms with Crippen LogP contribution in [0.5, 0.6) is 0 Å². The molecule has 0 radical (unpaired) electrons. The molecule has 1 N–H and O–H groups in total. The summed E-state index contributed by atoms with van der Waals surface area (Å²) in [6, 6.07) is 9.16. The molecule has 132 valence electrons. The third-order valence-corrected chi connectivity index (χ3v) is 6.63. The lowest BCUT2D eigenvalue weighted by Gasteiger charge is -2.27. The summed E-state index contributed by atoms with van der Waals surface area (Å²) in [4.78, 5) is 18.8.